The summed E-state index contributed by atoms with van der Waals surface area (Å²) in [4.78, 5) is 11.6. The van der Waals surface area contributed by atoms with Crippen LogP contribution in [0.5, 0.6) is 5.75 Å². The van der Waals surface area contributed by atoms with Crippen LogP contribution in [-0.2, 0) is 4.79 Å². The van der Waals surface area contributed by atoms with Crippen LogP contribution in [0, 0.1) is 6.92 Å². The van der Waals surface area contributed by atoms with E-state index in [9.17, 15) is 4.79 Å². The molecule has 0 bridgehead atoms. The summed E-state index contributed by atoms with van der Waals surface area (Å²) in [5, 5.41) is 4.10. The van der Waals surface area contributed by atoms with E-state index in [1.807, 2.05) is 25.1 Å². The molecule has 1 aromatic carbocycles. The molecule has 1 amide bonds. The molecule has 0 aliphatic heterocycles. The summed E-state index contributed by atoms with van der Waals surface area (Å²) in [7, 11) is 0. The van der Waals surface area contributed by atoms with Crippen molar-refractivity contribution in [2.45, 2.75) is 32.6 Å². The van der Waals surface area contributed by atoms with Crippen LogP contribution in [0.25, 0.3) is 0 Å². The maximum Gasteiger partial charge on any atom is 0.277 e. The van der Waals surface area contributed by atoms with Gasteiger partial charge in [-0.15, -0.1) is 0 Å². The smallest absolute Gasteiger partial charge is 0.277 e. The quantitative estimate of drug-likeness (QED) is 0.865. The third-order valence-corrected chi connectivity index (χ3v) is 3.91. The maximum atomic E-state index is 11.6. The summed E-state index contributed by atoms with van der Waals surface area (Å²) in [5.41, 5.74) is 4.69. The van der Waals surface area contributed by atoms with Gasteiger partial charge in [-0.25, -0.2) is 5.43 Å². The standard InChI is InChI=1S/C14H17BrN2O2/c1-10-8-12(6-7-13(10)15)19-9-14(18)17-16-11-4-2-3-5-11/h6-8H,2-5,9H2,1H3,(H,17,18). The topological polar surface area (TPSA) is 50.7 Å². The minimum absolute atomic E-state index is 0.0160. The summed E-state index contributed by atoms with van der Waals surface area (Å²) in [5.74, 6) is 0.462. The average Bonchev–Trinajstić information content (AvgIpc) is 2.91. The van der Waals surface area contributed by atoms with E-state index in [0.717, 1.165) is 28.6 Å². The molecular formula is C14H17BrN2O2. The number of amides is 1. The van der Waals surface area contributed by atoms with E-state index in [1.165, 1.54) is 12.8 Å². The van der Waals surface area contributed by atoms with Gasteiger partial charge in [-0.05, 0) is 56.4 Å². The van der Waals surface area contributed by atoms with Crippen LogP contribution in [0.2, 0.25) is 0 Å². The van der Waals surface area contributed by atoms with Gasteiger partial charge in [0.15, 0.2) is 6.61 Å². The van der Waals surface area contributed by atoms with Gasteiger partial charge in [0.25, 0.3) is 5.91 Å². The van der Waals surface area contributed by atoms with Crippen molar-refractivity contribution in [2.75, 3.05) is 6.61 Å². The second kappa shape index (κ2) is 6.70. The molecule has 1 aliphatic carbocycles. The Labute approximate surface area is 121 Å². The molecule has 102 valence electrons. The molecule has 1 aliphatic rings. The number of hydrazone groups is 1. The van der Waals surface area contributed by atoms with Crippen LogP contribution in [0.1, 0.15) is 31.2 Å². The van der Waals surface area contributed by atoms with Crippen molar-refractivity contribution in [3.05, 3.63) is 28.2 Å². The number of carbonyl (C=O) groups is 1. The molecule has 0 aromatic heterocycles. The normalized spacial score (nSPS) is 14.3. The number of carbonyl (C=O) groups excluding carboxylic acids is 1. The summed E-state index contributed by atoms with van der Waals surface area (Å²) >= 11 is 3.42. The molecule has 0 heterocycles. The Kier molecular flexibility index (Phi) is 4.96. The minimum Gasteiger partial charge on any atom is -0.484 e. The summed E-state index contributed by atoms with van der Waals surface area (Å²) in [6.07, 6.45) is 4.33. The Balaban J connectivity index is 1.79. The third-order valence-electron chi connectivity index (χ3n) is 3.02. The lowest BCUT2D eigenvalue weighted by atomic mass is 10.2. The number of hydrogen-bond acceptors (Lipinski definition) is 3. The number of aryl methyl sites for hydroxylation is 1. The molecule has 1 fully saturated rings. The molecule has 0 atom stereocenters. The van der Waals surface area contributed by atoms with Crippen molar-refractivity contribution in [3.63, 3.8) is 0 Å². The average molecular weight is 325 g/mol. The Hall–Kier alpha value is -1.36. The van der Waals surface area contributed by atoms with Crippen LogP contribution >= 0.6 is 15.9 Å². The fourth-order valence-corrected chi connectivity index (χ4v) is 2.17. The van der Waals surface area contributed by atoms with Crippen LogP contribution in [-0.4, -0.2) is 18.2 Å². The molecule has 0 unspecified atom stereocenters. The second-order valence-electron chi connectivity index (χ2n) is 4.62. The predicted molar refractivity (Wildman–Crippen MR) is 78.4 cm³/mol. The number of benzene rings is 1. The van der Waals surface area contributed by atoms with E-state index in [2.05, 4.69) is 26.5 Å². The van der Waals surface area contributed by atoms with E-state index in [4.69, 9.17) is 4.74 Å². The van der Waals surface area contributed by atoms with Crippen LogP contribution < -0.4 is 10.2 Å². The Morgan fingerprint density at radius 3 is 2.84 bits per heavy atom. The van der Waals surface area contributed by atoms with E-state index in [1.54, 1.807) is 0 Å². The predicted octanol–water partition coefficient (Wildman–Crippen LogP) is 3.18. The number of ether oxygens (including phenoxy) is 1. The van der Waals surface area contributed by atoms with E-state index >= 15 is 0 Å². The number of nitrogens with zero attached hydrogens (tertiary/aromatic N) is 1. The van der Waals surface area contributed by atoms with Gasteiger partial charge in [0.2, 0.25) is 0 Å². The van der Waals surface area contributed by atoms with E-state index in [-0.39, 0.29) is 12.5 Å². The van der Waals surface area contributed by atoms with Gasteiger partial charge in [-0.2, -0.15) is 5.10 Å². The van der Waals surface area contributed by atoms with Crippen LogP contribution in [0.15, 0.2) is 27.8 Å². The summed E-state index contributed by atoms with van der Waals surface area (Å²) in [6.45, 7) is 1.96. The zero-order valence-electron chi connectivity index (χ0n) is 10.9. The molecule has 0 saturated heterocycles. The van der Waals surface area contributed by atoms with Gasteiger partial charge >= 0.3 is 0 Å². The lowest BCUT2D eigenvalue weighted by molar-refractivity contribution is -0.123. The van der Waals surface area contributed by atoms with Gasteiger partial charge in [-0.3, -0.25) is 4.79 Å². The van der Waals surface area contributed by atoms with Gasteiger partial charge < -0.3 is 4.74 Å². The zero-order valence-corrected chi connectivity index (χ0v) is 12.5. The first-order valence-corrected chi connectivity index (χ1v) is 7.17. The largest absolute Gasteiger partial charge is 0.484 e. The monoisotopic (exact) mass is 324 g/mol. The lowest BCUT2D eigenvalue weighted by Crippen LogP contribution is -2.25. The number of nitrogens with one attached hydrogen (secondary N) is 1. The molecule has 0 spiro atoms. The fraction of sp³-hybridized carbons (Fsp3) is 0.429. The molecule has 19 heavy (non-hydrogen) atoms. The highest BCUT2D eigenvalue weighted by Crippen LogP contribution is 2.21. The Morgan fingerprint density at radius 2 is 2.16 bits per heavy atom. The highest BCUT2D eigenvalue weighted by Gasteiger charge is 2.09. The van der Waals surface area contributed by atoms with Crippen LogP contribution in [0.4, 0.5) is 0 Å². The first-order valence-electron chi connectivity index (χ1n) is 6.38. The zero-order chi connectivity index (χ0) is 13.7. The number of halogens is 1. The van der Waals surface area contributed by atoms with Crippen molar-refractivity contribution in [1.82, 2.24) is 5.43 Å². The Morgan fingerprint density at radius 1 is 1.42 bits per heavy atom. The van der Waals surface area contributed by atoms with Crippen LogP contribution in [0.3, 0.4) is 0 Å². The molecule has 0 radical (unpaired) electrons. The first-order chi connectivity index (χ1) is 9.15. The molecular weight excluding hydrogens is 308 g/mol. The summed E-state index contributed by atoms with van der Waals surface area (Å²) in [6, 6.07) is 5.62. The molecule has 1 N–H and O–H groups in total. The van der Waals surface area contributed by atoms with Crippen molar-refractivity contribution in [3.8, 4) is 5.75 Å². The minimum atomic E-state index is -0.222. The van der Waals surface area contributed by atoms with Crippen molar-refractivity contribution >= 4 is 27.5 Å². The molecule has 2 rings (SSSR count). The second-order valence-corrected chi connectivity index (χ2v) is 5.47. The molecule has 1 aromatic rings. The first kappa shape index (κ1) is 14.1. The number of hydrogen-bond donors (Lipinski definition) is 1. The highest BCUT2D eigenvalue weighted by molar-refractivity contribution is 9.10. The summed E-state index contributed by atoms with van der Waals surface area (Å²) < 4.78 is 6.44. The van der Waals surface area contributed by atoms with Crippen molar-refractivity contribution < 1.29 is 9.53 Å². The van der Waals surface area contributed by atoms with Gasteiger partial charge in [0.1, 0.15) is 5.75 Å². The van der Waals surface area contributed by atoms with Crippen molar-refractivity contribution in [2.24, 2.45) is 5.10 Å². The Bertz CT molecular complexity index is 492. The van der Waals surface area contributed by atoms with Gasteiger partial charge in [0.05, 0.1) is 0 Å². The SMILES string of the molecule is Cc1cc(OCC(=O)NN=C2CCCC2)ccc1Br. The number of rotatable bonds is 4. The fourth-order valence-electron chi connectivity index (χ4n) is 1.92. The highest BCUT2D eigenvalue weighted by atomic mass is 79.9. The maximum absolute atomic E-state index is 11.6. The van der Waals surface area contributed by atoms with Crippen molar-refractivity contribution in [1.29, 1.82) is 0 Å². The molecule has 4 nitrogen and oxygen atoms in total. The van der Waals surface area contributed by atoms with E-state index < -0.39 is 0 Å². The van der Waals surface area contributed by atoms with Gasteiger partial charge in [0, 0.05) is 10.2 Å². The molecule has 1 saturated carbocycles. The van der Waals surface area contributed by atoms with E-state index in [0.29, 0.717) is 5.75 Å². The lowest BCUT2D eigenvalue weighted by Gasteiger charge is -2.07. The third kappa shape index (κ3) is 4.35. The molecule has 5 heteroatoms. The van der Waals surface area contributed by atoms with Gasteiger partial charge in [-0.1, -0.05) is 15.9 Å².